The number of rotatable bonds is 4. The number of carbonyl (C=O) groups excluding carboxylic acids is 2. The maximum absolute atomic E-state index is 12.9. The smallest absolute Gasteiger partial charge is 0.197 e. The maximum atomic E-state index is 12.9. The topological polar surface area (TPSA) is 74.6 Å². The first kappa shape index (κ1) is 16.6. The number of hydrogen-bond donors (Lipinski definition) is 2. The van der Waals surface area contributed by atoms with E-state index in [9.17, 15) is 19.8 Å². The normalized spacial score (nSPS) is 27.2. The van der Waals surface area contributed by atoms with E-state index in [1.807, 2.05) is 36.4 Å². The molecule has 1 aliphatic rings. The fourth-order valence-electron chi connectivity index (χ4n) is 3.46. The number of carbonyl (C=O) groups is 2. The summed E-state index contributed by atoms with van der Waals surface area (Å²) in [5, 5.41) is 21.7. The molecule has 0 bridgehead atoms. The number of ketones is 2. The number of benzene rings is 2. The summed E-state index contributed by atoms with van der Waals surface area (Å²) in [4.78, 5) is 25.0. The van der Waals surface area contributed by atoms with Gasteiger partial charge in [-0.1, -0.05) is 60.7 Å². The lowest BCUT2D eigenvalue weighted by molar-refractivity contribution is -0.169. The van der Waals surface area contributed by atoms with Gasteiger partial charge in [-0.2, -0.15) is 0 Å². The van der Waals surface area contributed by atoms with Crippen LogP contribution in [0.1, 0.15) is 24.0 Å². The first-order valence-corrected chi connectivity index (χ1v) is 8.01. The summed E-state index contributed by atoms with van der Waals surface area (Å²) < 4.78 is 0. The van der Waals surface area contributed by atoms with Gasteiger partial charge in [0.1, 0.15) is 17.0 Å². The predicted octanol–water partition coefficient (Wildman–Crippen LogP) is 1.87. The van der Waals surface area contributed by atoms with Gasteiger partial charge in [-0.05, 0) is 11.1 Å². The molecule has 2 aromatic rings. The van der Waals surface area contributed by atoms with Crippen molar-refractivity contribution in [3.8, 4) is 0 Å². The van der Waals surface area contributed by atoms with Crippen LogP contribution in [-0.4, -0.2) is 33.0 Å². The van der Waals surface area contributed by atoms with Crippen LogP contribution in [0.2, 0.25) is 0 Å². The predicted molar refractivity (Wildman–Crippen MR) is 89.4 cm³/mol. The minimum absolute atomic E-state index is 0.0233. The highest BCUT2D eigenvalue weighted by atomic mass is 16.3. The average Bonchev–Trinajstić information content (AvgIpc) is 2.54. The fraction of sp³-hybridized carbons (Fsp3) is 0.300. The van der Waals surface area contributed by atoms with Crippen LogP contribution in [0.5, 0.6) is 0 Å². The molecular weight excluding hydrogens is 304 g/mol. The summed E-state index contributed by atoms with van der Waals surface area (Å²) in [5.41, 5.74) is -2.21. The Morgan fingerprint density at radius 1 is 0.708 bits per heavy atom. The largest absolute Gasteiger partial charge is 0.381 e. The lowest BCUT2D eigenvalue weighted by atomic mass is 9.69. The van der Waals surface area contributed by atoms with Gasteiger partial charge in [-0.25, -0.2) is 0 Å². The van der Waals surface area contributed by atoms with Crippen molar-refractivity contribution in [2.24, 2.45) is 0 Å². The fourth-order valence-corrected chi connectivity index (χ4v) is 3.46. The van der Waals surface area contributed by atoms with E-state index in [4.69, 9.17) is 0 Å². The van der Waals surface area contributed by atoms with Crippen LogP contribution >= 0.6 is 0 Å². The highest BCUT2D eigenvalue weighted by Crippen LogP contribution is 2.35. The molecule has 1 saturated carbocycles. The van der Waals surface area contributed by atoms with Crippen molar-refractivity contribution in [2.75, 3.05) is 0 Å². The van der Waals surface area contributed by atoms with Crippen LogP contribution in [0, 0.1) is 0 Å². The molecule has 0 amide bonds. The zero-order valence-electron chi connectivity index (χ0n) is 13.3. The molecule has 3 rings (SSSR count). The van der Waals surface area contributed by atoms with Crippen molar-refractivity contribution in [3.05, 3.63) is 71.8 Å². The van der Waals surface area contributed by atoms with Crippen molar-refractivity contribution in [1.82, 2.24) is 0 Å². The summed E-state index contributed by atoms with van der Waals surface area (Å²) in [6, 6.07) is 18.1. The molecule has 0 radical (unpaired) electrons. The van der Waals surface area contributed by atoms with Crippen molar-refractivity contribution in [3.63, 3.8) is 0 Å². The Balaban J connectivity index is 1.89. The van der Waals surface area contributed by atoms with Gasteiger partial charge in [-0.15, -0.1) is 0 Å². The number of aliphatic hydroxyl groups is 2. The van der Waals surface area contributed by atoms with E-state index in [2.05, 4.69) is 0 Å². The van der Waals surface area contributed by atoms with Crippen LogP contribution in [0.15, 0.2) is 60.7 Å². The second kappa shape index (κ2) is 6.30. The lowest BCUT2D eigenvalue weighted by Gasteiger charge is -2.40. The number of hydrogen-bond acceptors (Lipinski definition) is 4. The third-order valence-electron chi connectivity index (χ3n) is 4.50. The van der Waals surface area contributed by atoms with E-state index in [-0.39, 0.29) is 31.5 Å². The Labute approximate surface area is 140 Å². The Morgan fingerprint density at radius 3 is 1.46 bits per heavy atom. The molecule has 0 saturated heterocycles. The maximum Gasteiger partial charge on any atom is 0.197 e. The molecular formula is C20H20O4. The van der Waals surface area contributed by atoms with Gasteiger partial charge in [-0.3, -0.25) is 9.59 Å². The van der Waals surface area contributed by atoms with Gasteiger partial charge < -0.3 is 10.2 Å². The molecule has 2 aromatic carbocycles. The summed E-state index contributed by atoms with van der Waals surface area (Å²) in [6.45, 7) is 0. The molecule has 124 valence electrons. The standard InChI is InChI=1S/C20H20O4/c21-17-13-19(23,11-15-7-3-1-4-8-15)18(22)20(24,14-17)12-16-9-5-2-6-10-16/h1-10,23-24H,11-14H2. The minimum Gasteiger partial charge on any atom is -0.381 e. The van der Waals surface area contributed by atoms with Gasteiger partial charge in [0, 0.05) is 25.7 Å². The van der Waals surface area contributed by atoms with E-state index in [1.54, 1.807) is 24.3 Å². The quantitative estimate of drug-likeness (QED) is 0.900. The second-order valence-corrected chi connectivity index (χ2v) is 6.61. The molecule has 2 unspecified atom stereocenters. The molecule has 2 atom stereocenters. The average molecular weight is 324 g/mol. The second-order valence-electron chi connectivity index (χ2n) is 6.61. The van der Waals surface area contributed by atoms with Gasteiger partial charge in [0.15, 0.2) is 5.78 Å². The number of Topliss-reactive ketones (excluding diaryl/α,β-unsaturated/α-hetero) is 2. The first-order chi connectivity index (χ1) is 11.4. The van der Waals surface area contributed by atoms with Crippen LogP contribution < -0.4 is 0 Å². The monoisotopic (exact) mass is 324 g/mol. The zero-order chi connectivity index (χ0) is 17.2. The molecule has 4 heteroatoms. The third kappa shape index (κ3) is 3.30. The highest BCUT2D eigenvalue weighted by molar-refractivity contribution is 6.05. The van der Waals surface area contributed by atoms with Crippen LogP contribution in [0.3, 0.4) is 0 Å². The van der Waals surface area contributed by atoms with Crippen molar-refractivity contribution in [2.45, 2.75) is 36.9 Å². The Bertz CT molecular complexity index is 679. The van der Waals surface area contributed by atoms with Gasteiger partial charge in [0.2, 0.25) is 0 Å². The summed E-state index contributed by atoms with van der Waals surface area (Å²) in [6.07, 6.45) is -0.458. The molecule has 24 heavy (non-hydrogen) atoms. The van der Waals surface area contributed by atoms with Crippen molar-refractivity contribution < 1.29 is 19.8 Å². The molecule has 4 nitrogen and oxygen atoms in total. The van der Waals surface area contributed by atoms with Gasteiger partial charge in [0.05, 0.1) is 0 Å². The van der Waals surface area contributed by atoms with Crippen LogP contribution in [0.25, 0.3) is 0 Å². The summed E-state index contributed by atoms with van der Waals surface area (Å²) in [5.74, 6) is -0.964. The first-order valence-electron chi connectivity index (χ1n) is 8.01. The van der Waals surface area contributed by atoms with E-state index in [1.165, 1.54) is 0 Å². The molecule has 1 fully saturated rings. The third-order valence-corrected chi connectivity index (χ3v) is 4.50. The zero-order valence-corrected chi connectivity index (χ0v) is 13.3. The summed E-state index contributed by atoms with van der Waals surface area (Å²) >= 11 is 0. The van der Waals surface area contributed by atoms with Gasteiger partial charge in [0.25, 0.3) is 0 Å². The SMILES string of the molecule is O=C1CC(O)(Cc2ccccc2)C(=O)C(O)(Cc2ccccc2)C1. The molecule has 2 N–H and O–H groups in total. The van der Waals surface area contributed by atoms with E-state index < -0.39 is 17.0 Å². The molecule has 0 spiro atoms. The Kier molecular flexibility index (Phi) is 4.35. The lowest BCUT2D eigenvalue weighted by Crippen LogP contribution is -2.60. The Hall–Kier alpha value is -2.30. The molecule has 0 aliphatic heterocycles. The molecule has 0 heterocycles. The Morgan fingerprint density at radius 2 is 1.08 bits per heavy atom. The summed E-state index contributed by atoms with van der Waals surface area (Å²) in [7, 11) is 0. The minimum atomic E-state index is -1.86. The van der Waals surface area contributed by atoms with E-state index in [0.717, 1.165) is 11.1 Å². The van der Waals surface area contributed by atoms with Crippen LogP contribution in [-0.2, 0) is 22.4 Å². The van der Waals surface area contributed by atoms with Crippen molar-refractivity contribution >= 4 is 11.6 Å². The van der Waals surface area contributed by atoms with E-state index in [0.29, 0.717) is 0 Å². The molecule has 0 aromatic heterocycles. The van der Waals surface area contributed by atoms with E-state index >= 15 is 0 Å². The highest BCUT2D eigenvalue weighted by Gasteiger charge is 2.54. The van der Waals surface area contributed by atoms with Crippen molar-refractivity contribution in [1.29, 1.82) is 0 Å². The molecule has 1 aliphatic carbocycles. The van der Waals surface area contributed by atoms with Gasteiger partial charge >= 0.3 is 0 Å². The van der Waals surface area contributed by atoms with Crippen LogP contribution in [0.4, 0.5) is 0 Å².